The fourth-order valence-corrected chi connectivity index (χ4v) is 4.46. The van der Waals surface area contributed by atoms with Crippen molar-refractivity contribution in [3.05, 3.63) is 53.0 Å². The quantitative estimate of drug-likeness (QED) is 0.631. The van der Waals surface area contributed by atoms with Gasteiger partial charge in [-0.2, -0.15) is 0 Å². The minimum Gasteiger partial charge on any atom is -0.482 e. The molecule has 148 valence electrons. The molecule has 3 rings (SSSR count). The van der Waals surface area contributed by atoms with Crippen LogP contribution >= 0.6 is 15.9 Å². The van der Waals surface area contributed by atoms with Crippen LogP contribution in [0.15, 0.2) is 57.9 Å². The van der Waals surface area contributed by atoms with E-state index in [1.807, 2.05) is 0 Å². The van der Waals surface area contributed by atoms with E-state index in [1.165, 1.54) is 4.90 Å². The van der Waals surface area contributed by atoms with Gasteiger partial charge in [-0.1, -0.05) is 34.1 Å². The SMILES string of the molecule is O=C(CN1C(=O)COc2cc(Br)ccc21)NCCCS(=O)(=O)c1ccccc1. The van der Waals surface area contributed by atoms with E-state index in [0.717, 1.165) is 4.47 Å². The second-order valence-corrected chi connectivity index (χ2v) is 9.24. The molecule has 1 aliphatic heterocycles. The third kappa shape index (κ3) is 4.90. The molecule has 0 atom stereocenters. The highest BCUT2D eigenvalue weighted by Crippen LogP contribution is 2.34. The number of fused-ring (bicyclic) bond motifs is 1. The maximum absolute atomic E-state index is 12.2. The highest BCUT2D eigenvalue weighted by atomic mass is 79.9. The first-order valence-corrected chi connectivity index (χ1v) is 11.1. The number of rotatable bonds is 7. The average Bonchev–Trinajstić information content (AvgIpc) is 2.68. The second kappa shape index (κ2) is 8.74. The van der Waals surface area contributed by atoms with Crippen LogP contribution in [-0.2, 0) is 19.4 Å². The number of carbonyl (C=O) groups excluding carboxylic acids is 2. The maximum Gasteiger partial charge on any atom is 0.265 e. The van der Waals surface area contributed by atoms with Crippen molar-refractivity contribution in [3.8, 4) is 5.75 Å². The van der Waals surface area contributed by atoms with Gasteiger partial charge in [0.25, 0.3) is 5.91 Å². The fourth-order valence-electron chi connectivity index (χ4n) is 2.79. The van der Waals surface area contributed by atoms with Gasteiger partial charge in [-0.25, -0.2) is 8.42 Å². The van der Waals surface area contributed by atoms with Gasteiger partial charge in [-0.15, -0.1) is 0 Å². The first kappa shape index (κ1) is 20.3. The zero-order valence-electron chi connectivity index (χ0n) is 14.9. The number of hydrogen-bond donors (Lipinski definition) is 1. The molecule has 2 amide bonds. The molecule has 0 unspecified atom stereocenters. The lowest BCUT2D eigenvalue weighted by molar-refractivity contribution is -0.125. The van der Waals surface area contributed by atoms with E-state index in [1.54, 1.807) is 48.5 Å². The summed E-state index contributed by atoms with van der Waals surface area (Å²) in [6, 6.07) is 13.4. The molecule has 0 bridgehead atoms. The van der Waals surface area contributed by atoms with Crippen molar-refractivity contribution < 1.29 is 22.7 Å². The zero-order valence-corrected chi connectivity index (χ0v) is 17.3. The molecular weight excluding hydrogens is 448 g/mol. The highest BCUT2D eigenvalue weighted by Gasteiger charge is 2.27. The van der Waals surface area contributed by atoms with Gasteiger partial charge in [0.15, 0.2) is 16.4 Å². The van der Waals surface area contributed by atoms with Crippen molar-refractivity contribution in [1.29, 1.82) is 0 Å². The van der Waals surface area contributed by atoms with Crippen molar-refractivity contribution in [2.75, 3.05) is 30.3 Å². The Labute approximate surface area is 171 Å². The smallest absolute Gasteiger partial charge is 0.265 e. The molecule has 0 fully saturated rings. The summed E-state index contributed by atoms with van der Waals surface area (Å²) in [6.45, 7) is -0.0784. The third-order valence-corrected chi connectivity index (χ3v) is 6.49. The van der Waals surface area contributed by atoms with Crippen LogP contribution in [0.25, 0.3) is 0 Å². The van der Waals surface area contributed by atoms with Crippen LogP contribution < -0.4 is 15.0 Å². The van der Waals surface area contributed by atoms with E-state index in [2.05, 4.69) is 21.2 Å². The van der Waals surface area contributed by atoms with Gasteiger partial charge < -0.3 is 10.1 Å². The summed E-state index contributed by atoms with van der Waals surface area (Å²) in [5.74, 6) is -0.210. The zero-order chi connectivity index (χ0) is 20.1. The van der Waals surface area contributed by atoms with Gasteiger partial charge in [-0.05, 0) is 36.8 Å². The Bertz CT molecular complexity index is 979. The van der Waals surface area contributed by atoms with E-state index in [4.69, 9.17) is 4.74 Å². The van der Waals surface area contributed by atoms with Gasteiger partial charge in [-0.3, -0.25) is 14.5 Å². The Morgan fingerprint density at radius 1 is 1.18 bits per heavy atom. The predicted molar refractivity (Wildman–Crippen MR) is 108 cm³/mol. The first-order valence-electron chi connectivity index (χ1n) is 8.64. The molecular formula is C19H19BrN2O5S. The number of halogens is 1. The van der Waals surface area contributed by atoms with Gasteiger partial charge in [0.2, 0.25) is 5.91 Å². The number of sulfone groups is 1. The molecule has 9 heteroatoms. The number of carbonyl (C=O) groups is 2. The summed E-state index contributed by atoms with van der Waals surface area (Å²) >= 11 is 3.34. The molecule has 7 nitrogen and oxygen atoms in total. The van der Waals surface area contributed by atoms with E-state index in [9.17, 15) is 18.0 Å². The molecule has 0 spiro atoms. The van der Waals surface area contributed by atoms with Gasteiger partial charge in [0, 0.05) is 11.0 Å². The van der Waals surface area contributed by atoms with Crippen molar-refractivity contribution in [3.63, 3.8) is 0 Å². The Kier molecular flexibility index (Phi) is 6.35. The summed E-state index contributed by atoms with van der Waals surface area (Å²) in [4.78, 5) is 26.0. The maximum atomic E-state index is 12.2. The molecule has 0 aliphatic carbocycles. The van der Waals surface area contributed by atoms with Crippen LogP contribution in [0.1, 0.15) is 6.42 Å². The normalized spacial score (nSPS) is 13.6. The lowest BCUT2D eigenvalue weighted by Gasteiger charge is -2.29. The molecule has 28 heavy (non-hydrogen) atoms. The van der Waals surface area contributed by atoms with Gasteiger partial charge in [0.05, 0.1) is 16.3 Å². The van der Waals surface area contributed by atoms with Crippen LogP contribution in [0.4, 0.5) is 5.69 Å². The summed E-state index contributed by atoms with van der Waals surface area (Å²) < 4.78 is 30.6. The fraction of sp³-hybridized carbons (Fsp3) is 0.263. The molecule has 0 aromatic heterocycles. The molecule has 2 aromatic rings. The average molecular weight is 467 g/mol. The minimum atomic E-state index is -3.38. The van der Waals surface area contributed by atoms with Crippen LogP contribution in [0.3, 0.4) is 0 Å². The van der Waals surface area contributed by atoms with Crippen LogP contribution in [0.5, 0.6) is 5.75 Å². The predicted octanol–water partition coefficient (Wildman–Crippen LogP) is 2.15. The first-order chi connectivity index (χ1) is 13.4. The topological polar surface area (TPSA) is 92.8 Å². The highest BCUT2D eigenvalue weighted by molar-refractivity contribution is 9.10. The number of benzene rings is 2. The third-order valence-electron chi connectivity index (χ3n) is 4.18. The number of nitrogens with one attached hydrogen (secondary N) is 1. The number of hydrogen-bond acceptors (Lipinski definition) is 5. The Morgan fingerprint density at radius 3 is 2.68 bits per heavy atom. The molecule has 1 N–H and O–H groups in total. The summed E-state index contributed by atoms with van der Waals surface area (Å²) in [5, 5.41) is 2.67. The number of ether oxygens (including phenoxy) is 1. The minimum absolute atomic E-state index is 0.0648. The number of anilines is 1. The molecule has 0 radical (unpaired) electrons. The Balaban J connectivity index is 1.52. The van der Waals surface area contributed by atoms with Gasteiger partial charge in [0.1, 0.15) is 12.3 Å². The lowest BCUT2D eigenvalue weighted by atomic mass is 10.2. The monoisotopic (exact) mass is 466 g/mol. The number of nitrogens with zero attached hydrogens (tertiary/aromatic N) is 1. The molecule has 2 aromatic carbocycles. The van der Waals surface area contributed by atoms with E-state index >= 15 is 0 Å². The Hall–Kier alpha value is -2.39. The lowest BCUT2D eigenvalue weighted by Crippen LogP contribution is -2.45. The van der Waals surface area contributed by atoms with Crippen molar-refractivity contribution in [1.82, 2.24) is 5.32 Å². The van der Waals surface area contributed by atoms with Gasteiger partial charge >= 0.3 is 0 Å². The van der Waals surface area contributed by atoms with Crippen LogP contribution in [-0.4, -0.2) is 45.7 Å². The van der Waals surface area contributed by atoms with Crippen LogP contribution in [0, 0.1) is 0 Å². The second-order valence-electron chi connectivity index (χ2n) is 6.22. The molecule has 1 heterocycles. The number of amides is 2. The molecule has 0 saturated carbocycles. The van der Waals surface area contributed by atoms with Crippen molar-refractivity contribution in [2.45, 2.75) is 11.3 Å². The summed E-state index contributed by atoms with van der Waals surface area (Å²) in [7, 11) is -3.38. The molecule has 1 aliphatic rings. The molecule has 0 saturated heterocycles. The summed E-state index contributed by atoms with van der Waals surface area (Å²) in [5.41, 5.74) is 0.529. The van der Waals surface area contributed by atoms with E-state index in [0.29, 0.717) is 11.4 Å². The Morgan fingerprint density at radius 2 is 1.93 bits per heavy atom. The standard InChI is InChI=1S/C19H19BrN2O5S/c20-14-7-8-16-17(11-14)27-13-19(24)22(16)12-18(23)21-9-4-10-28(25,26)15-5-2-1-3-6-15/h1-3,5-8,11H,4,9-10,12-13H2,(H,21,23). The van der Waals surface area contributed by atoms with E-state index < -0.39 is 9.84 Å². The van der Waals surface area contributed by atoms with E-state index in [-0.39, 0.29) is 48.6 Å². The van der Waals surface area contributed by atoms with Crippen molar-refractivity contribution in [2.24, 2.45) is 0 Å². The largest absolute Gasteiger partial charge is 0.482 e. The summed E-state index contributed by atoms with van der Waals surface area (Å²) in [6.07, 6.45) is 0.281. The van der Waals surface area contributed by atoms with Crippen LogP contribution in [0.2, 0.25) is 0 Å². The van der Waals surface area contributed by atoms with Crippen molar-refractivity contribution >= 4 is 43.3 Å².